The second-order valence-corrected chi connectivity index (χ2v) is 6.47. The number of carboxylic acids is 1. The van der Waals surface area contributed by atoms with Gasteiger partial charge in [0.15, 0.2) is 0 Å². The lowest BCUT2D eigenvalue weighted by atomic mass is 9.82. The summed E-state index contributed by atoms with van der Waals surface area (Å²) in [7, 11) is 0. The Labute approximate surface area is 128 Å². The lowest BCUT2D eigenvalue weighted by Crippen LogP contribution is -2.40. The minimum Gasteiger partial charge on any atom is -0.481 e. The summed E-state index contributed by atoms with van der Waals surface area (Å²) in [4.78, 5) is 22.7. The molecule has 0 bridgehead atoms. The molecule has 0 aromatic carbocycles. The first kappa shape index (κ1) is 15.8. The Balaban J connectivity index is 1.67. The molecule has 116 valence electrons. The second-order valence-electron chi connectivity index (χ2n) is 5.69. The monoisotopic (exact) mass is 310 g/mol. The van der Waals surface area contributed by atoms with Crippen LogP contribution in [0.1, 0.15) is 44.2 Å². The Morgan fingerprint density at radius 2 is 2.10 bits per heavy atom. The summed E-state index contributed by atoms with van der Waals surface area (Å²) >= 11 is 1.61. The van der Waals surface area contributed by atoms with Gasteiger partial charge in [0.05, 0.1) is 12.0 Å². The van der Waals surface area contributed by atoms with Gasteiger partial charge in [-0.2, -0.15) is 11.3 Å². The van der Waals surface area contributed by atoms with E-state index in [1.54, 1.807) is 11.3 Å². The van der Waals surface area contributed by atoms with E-state index in [1.165, 1.54) is 0 Å². The zero-order chi connectivity index (χ0) is 15.2. The molecule has 6 heteroatoms. The van der Waals surface area contributed by atoms with Crippen molar-refractivity contribution in [2.75, 3.05) is 6.54 Å². The number of hydrogen-bond donors (Lipinski definition) is 3. The van der Waals surface area contributed by atoms with Gasteiger partial charge in [0.2, 0.25) is 0 Å². The molecular weight excluding hydrogens is 288 g/mol. The number of urea groups is 1. The Bertz CT molecular complexity index is 467. The lowest BCUT2D eigenvalue weighted by Gasteiger charge is -2.26. The normalized spacial score (nSPS) is 23.3. The van der Waals surface area contributed by atoms with Crippen LogP contribution in [0.4, 0.5) is 4.79 Å². The van der Waals surface area contributed by atoms with Crippen LogP contribution < -0.4 is 10.6 Å². The van der Waals surface area contributed by atoms with E-state index in [4.69, 9.17) is 5.11 Å². The molecule has 0 spiro atoms. The van der Waals surface area contributed by atoms with Crippen molar-refractivity contribution in [3.05, 3.63) is 22.4 Å². The Kier molecular flexibility index (Phi) is 5.61. The van der Waals surface area contributed by atoms with Crippen molar-refractivity contribution in [2.24, 2.45) is 11.8 Å². The lowest BCUT2D eigenvalue weighted by molar-refractivity contribution is -0.143. The van der Waals surface area contributed by atoms with E-state index in [0.717, 1.165) is 18.4 Å². The third-order valence-electron chi connectivity index (χ3n) is 4.14. The minimum absolute atomic E-state index is 0.000929. The fourth-order valence-electron chi connectivity index (χ4n) is 2.70. The molecule has 1 aromatic rings. The fourth-order valence-corrected chi connectivity index (χ4v) is 3.46. The third-order valence-corrected chi connectivity index (χ3v) is 4.84. The van der Waals surface area contributed by atoms with Gasteiger partial charge < -0.3 is 15.7 Å². The van der Waals surface area contributed by atoms with E-state index in [9.17, 15) is 9.59 Å². The van der Waals surface area contributed by atoms with Crippen molar-refractivity contribution in [1.29, 1.82) is 0 Å². The molecule has 1 aliphatic rings. The molecule has 0 radical (unpaired) electrons. The average molecular weight is 310 g/mol. The number of carbonyl (C=O) groups is 2. The van der Waals surface area contributed by atoms with Crippen LogP contribution in [0.3, 0.4) is 0 Å². The molecule has 1 atom stereocenters. The van der Waals surface area contributed by atoms with Gasteiger partial charge in [0.1, 0.15) is 0 Å². The first-order chi connectivity index (χ1) is 10.1. The molecule has 1 unspecified atom stereocenters. The number of carbonyl (C=O) groups excluding carboxylic acids is 1. The Hall–Kier alpha value is -1.56. The second kappa shape index (κ2) is 7.45. The highest BCUT2D eigenvalue weighted by atomic mass is 32.1. The predicted octanol–water partition coefficient (Wildman–Crippen LogP) is 3.00. The first-order valence-corrected chi connectivity index (χ1v) is 8.29. The first-order valence-electron chi connectivity index (χ1n) is 7.35. The van der Waals surface area contributed by atoms with Gasteiger partial charge in [-0.1, -0.05) is 0 Å². The highest BCUT2D eigenvalue weighted by molar-refractivity contribution is 7.07. The van der Waals surface area contributed by atoms with Crippen LogP contribution >= 0.6 is 11.3 Å². The topological polar surface area (TPSA) is 78.4 Å². The molecule has 1 aliphatic carbocycles. The van der Waals surface area contributed by atoms with Crippen LogP contribution in [0.5, 0.6) is 0 Å². The van der Waals surface area contributed by atoms with Gasteiger partial charge in [-0.05, 0) is 60.9 Å². The third kappa shape index (κ3) is 4.74. The summed E-state index contributed by atoms with van der Waals surface area (Å²) in [6.45, 7) is 2.58. The average Bonchev–Trinajstić information content (AvgIpc) is 3.00. The number of hydrogen-bond acceptors (Lipinski definition) is 3. The van der Waals surface area contributed by atoms with E-state index >= 15 is 0 Å². The smallest absolute Gasteiger partial charge is 0.315 e. The van der Waals surface area contributed by atoms with Crippen molar-refractivity contribution in [2.45, 2.75) is 38.6 Å². The van der Waals surface area contributed by atoms with Crippen molar-refractivity contribution in [3.63, 3.8) is 0 Å². The summed E-state index contributed by atoms with van der Waals surface area (Å²) in [5, 5.41) is 18.8. The highest BCUT2D eigenvalue weighted by Crippen LogP contribution is 2.28. The van der Waals surface area contributed by atoms with E-state index in [0.29, 0.717) is 25.3 Å². The maximum atomic E-state index is 11.9. The molecule has 1 heterocycles. The summed E-state index contributed by atoms with van der Waals surface area (Å²) in [6.07, 6.45) is 3.18. The largest absolute Gasteiger partial charge is 0.481 e. The van der Waals surface area contributed by atoms with Crippen molar-refractivity contribution in [1.82, 2.24) is 10.6 Å². The number of carboxylic acid groups (broad SMARTS) is 1. The van der Waals surface area contributed by atoms with Crippen LogP contribution in [0, 0.1) is 11.8 Å². The SMILES string of the molecule is CC(NC(=O)NCC1CCC(C(=O)O)CC1)c1ccsc1. The van der Waals surface area contributed by atoms with Gasteiger partial charge in [-0.3, -0.25) is 4.79 Å². The van der Waals surface area contributed by atoms with Crippen molar-refractivity contribution < 1.29 is 14.7 Å². The van der Waals surface area contributed by atoms with Gasteiger partial charge in [-0.15, -0.1) is 0 Å². The van der Waals surface area contributed by atoms with Gasteiger partial charge in [0, 0.05) is 6.54 Å². The molecule has 21 heavy (non-hydrogen) atoms. The highest BCUT2D eigenvalue weighted by Gasteiger charge is 2.26. The van der Waals surface area contributed by atoms with Crippen LogP contribution in [0.15, 0.2) is 16.8 Å². The maximum Gasteiger partial charge on any atom is 0.315 e. The molecule has 1 saturated carbocycles. The molecule has 0 saturated heterocycles. The molecule has 2 rings (SSSR count). The zero-order valence-corrected chi connectivity index (χ0v) is 13.0. The maximum absolute atomic E-state index is 11.9. The van der Waals surface area contributed by atoms with Crippen LogP contribution in [-0.4, -0.2) is 23.7 Å². The van der Waals surface area contributed by atoms with Crippen molar-refractivity contribution in [3.8, 4) is 0 Å². The summed E-state index contributed by atoms with van der Waals surface area (Å²) in [5.41, 5.74) is 1.11. The van der Waals surface area contributed by atoms with Gasteiger partial charge in [0.25, 0.3) is 0 Å². The quantitative estimate of drug-likeness (QED) is 0.782. The van der Waals surface area contributed by atoms with Gasteiger partial charge in [-0.25, -0.2) is 4.79 Å². The van der Waals surface area contributed by atoms with Gasteiger partial charge >= 0.3 is 12.0 Å². The number of thiophene rings is 1. The van der Waals surface area contributed by atoms with E-state index in [1.807, 2.05) is 23.8 Å². The predicted molar refractivity (Wildman–Crippen MR) is 82.4 cm³/mol. The number of aliphatic carboxylic acids is 1. The zero-order valence-electron chi connectivity index (χ0n) is 12.2. The summed E-state index contributed by atoms with van der Waals surface area (Å²) < 4.78 is 0. The molecule has 1 fully saturated rings. The minimum atomic E-state index is -0.691. The van der Waals surface area contributed by atoms with E-state index in [-0.39, 0.29) is 18.0 Å². The molecule has 5 nitrogen and oxygen atoms in total. The summed E-state index contributed by atoms with van der Waals surface area (Å²) in [5.74, 6) is -0.500. The van der Waals surface area contributed by atoms with E-state index < -0.39 is 5.97 Å². The molecule has 0 aliphatic heterocycles. The molecular formula is C15H22N2O3S. The number of amides is 2. The number of nitrogens with one attached hydrogen (secondary N) is 2. The molecule has 1 aromatic heterocycles. The Morgan fingerprint density at radius 3 is 2.67 bits per heavy atom. The molecule has 2 amide bonds. The fraction of sp³-hybridized carbons (Fsp3) is 0.600. The number of rotatable bonds is 5. The standard InChI is InChI=1S/C15H22N2O3S/c1-10(13-6-7-21-9-13)17-15(20)16-8-11-2-4-12(5-3-11)14(18)19/h6-7,9-12H,2-5,8H2,1H3,(H,18,19)(H2,16,17,20). The van der Waals surface area contributed by atoms with Crippen molar-refractivity contribution >= 4 is 23.3 Å². The van der Waals surface area contributed by atoms with E-state index in [2.05, 4.69) is 10.6 Å². The van der Waals surface area contributed by atoms with Crippen LogP contribution in [0.25, 0.3) is 0 Å². The van der Waals surface area contributed by atoms with Crippen LogP contribution in [-0.2, 0) is 4.79 Å². The van der Waals surface area contributed by atoms with Crippen LogP contribution in [0.2, 0.25) is 0 Å². The molecule has 3 N–H and O–H groups in total. The summed E-state index contributed by atoms with van der Waals surface area (Å²) in [6, 6.07) is 1.84. The Morgan fingerprint density at radius 1 is 1.38 bits per heavy atom.